The van der Waals surface area contributed by atoms with E-state index in [1.54, 1.807) is 29.7 Å². The minimum Gasteiger partial charge on any atom is -0.324 e. The first-order valence-electron chi connectivity index (χ1n) is 7.90. The van der Waals surface area contributed by atoms with Gasteiger partial charge in [-0.1, -0.05) is 26.0 Å². The highest BCUT2D eigenvalue weighted by Gasteiger charge is 2.11. The summed E-state index contributed by atoms with van der Waals surface area (Å²) in [5.74, 6) is 0.815. The number of amides is 1. The maximum atomic E-state index is 12.3. The van der Waals surface area contributed by atoms with E-state index in [4.69, 9.17) is 0 Å². The Hall–Kier alpha value is -2.89. The second kappa shape index (κ2) is 6.31. The number of benzene rings is 1. The molecule has 0 unspecified atom stereocenters. The van der Waals surface area contributed by atoms with Crippen molar-refractivity contribution in [1.29, 1.82) is 0 Å². The number of aryl methyl sites for hydroxylation is 1. The van der Waals surface area contributed by atoms with E-state index >= 15 is 0 Å². The number of aromatic nitrogens is 3. The summed E-state index contributed by atoms with van der Waals surface area (Å²) in [5, 5.41) is 7.00. The van der Waals surface area contributed by atoms with Crippen LogP contribution >= 0.6 is 0 Å². The molecular weight excluding hydrogens is 304 g/mol. The van der Waals surface area contributed by atoms with Crippen molar-refractivity contribution in [1.82, 2.24) is 14.2 Å². The molecule has 0 fully saturated rings. The second-order valence-corrected chi connectivity index (χ2v) is 6.10. The number of fused-ring (bicyclic) bond motifs is 1. The standard InChI is InChI=1S/C18H20N4O2/c1-12(2)14-6-8-15(9-7-14)19-17(23)11-22-18(24)16-5-4-10-21(16)13(3)20-22/h4-10,12H,11H2,1-3H3,(H,19,23). The Labute approximate surface area is 139 Å². The molecule has 2 aromatic heterocycles. The highest BCUT2D eigenvalue weighted by molar-refractivity contribution is 5.90. The first-order valence-corrected chi connectivity index (χ1v) is 7.90. The molecule has 0 saturated heterocycles. The average molecular weight is 324 g/mol. The first kappa shape index (κ1) is 16.0. The molecule has 1 amide bonds. The van der Waals surface area contributed by atoms with E-state index in [-0.39, 0.29) is 18.0 Å². The van der Waals surface area contributed by atoms with Gasteiger partial charge >= 0.3 is 0 Å². The minimum atomic E-state index is -0.282. The number of anilines is 1. The van der Waals surface area contributed by atoms with Gasteiger partial charge in [-0.3, -0.25) is 14.0 Å². The summed E-state index contributed by atoms with van der Waals surface area (Å²) in [6.07, 6.45) is 1.78. The van der Waals surface area contributed by atoms with E-state index < -0.39 is 0 Å². The molecule has 1 aromatic carbocycles. The van der Waals surface area contributed by atoms with Gasteiger partial charge in [0.05, 0.1) is 0 Å². The highest BCUT2D eigenvalue weighted by atomic mass is 16.2. The van der Waals surface area contributed by atoms with Crippen LogP contribution in [0, 0.1) is 6.92 Å². The molecule has 0 saturated carbocycles. The van der Waals surface area contributed by atoms with Gasteiger partial charge in [0.1, 0.15) is 17.9 Å². The molecule has 124 valence electrons. The Morgan fingerprint density at radius 2 is 1.92 bits per heavy atom. The molecule has 3 rings (SSSR count). The lowest BCUT2D eigenvalue weighted by Crippen LogP contribution is -2.31. The van der Waals surface area contributed by atoms with Crippen molar-refractivity contribution in [2.45, 2.75) is 33.2 Å². The molecule has 0 spiro atoms. The van der Waals surface area contributed by atoms with E-state index in [0.717, 1.165) is 0 Å². The normalized spacial score (nSPS) is 11.2. The summed E-state index contributed by atoms with van der Waals surface area (Å²) in [4.78, 5) is 24.6. The zero-order valence-corrected chi connectivity index (χ0v) is 14.0. The number of nitrogens with zero attached hydrogens (tertiary/aromatic N) is 3. The highest BCUT2D eigenvalue weighted by Crippen LogP contribution is 2.17. The molecule has 2 heterocycles. The largest absolute Gasteiger partial charge is 0.324 e. The summed E-state index contributed by atoms with van der Waals surface area (Å²) in [6.45, 7) is 5.91. The zero-order chi connectivity index (χ0) is 17.3. The molecule has 0 aliphatic carbocycles. The Balaban J connectivity index is 1.77. The lowest BCUT2D eigenvalue weighted by molar-refractivity contribution is -0.117. The van der Waals surface area contributed by atoms with Crippen LogP contribution in [0.5, 0.6) is 0 Å². The van der Waals surface area contributed by atoms with Gasteiger partial charge in [-0.15, -0.1) is 0 Å². The van der Waals surface area contributed by atoms with E-state index in [9.17, 15) is 9.59 Å². The summed E-state index contributed by atoms with van der Waals surface area (Å²) < 4.78 is 2.91. The first-order chi connectivity index (χ1) is 11.5. The maximum Gasteiger partial charge on any atom is 0.291 e. The second-order valence-electron chi connectivity index (χ2n) is 6.10. The number of hydrogen-bond acceptors (Lipinski definition) is 3. The van der Waals surface area contributed by atoms with E-state index in [0.29, 0.717) is 22.9 Å². The number of carbonyl (C=O) groups excluding carboxylic acids is 1. The molecule has 6 nitrogen and oxygen atoms in total. The fraction of sp³-hybridized carbons (Fsp3) is 0.278. The van der Waals surface area contributed by atoms with Crippen molar-refractivity contribution in [3.63, 3.8) is 0 Å². The lowest BCUT2D eigenvalue weighted by Gasteiger charge is -2.10. The van der Waals surface area contributed by atoms with Crippen molar-refractivity contribution in [2.75, 3.05) is 5.32 Å². The van der Waals surface area contributed by atoms with Gasteiger partial charge in [0.25, 0.3) is 5.56 Å². The van der Waals surface area contributed by atoms with E-state index in [1.807, 2.05) is 24.3 Å². The van der Waals surface area contributed by atoms with Crippen LogP contribution in [0.15, 0.2) is 47.4 Å². The van der Waals surface area contributed by atoms with Crippen LogP contribution in [0.25, 0.3) is 5.52 Å². The average Bonchev–Trinajstić information content (AvgIpc) is 3.03. The molecule has 24 heavy (non-hydrogen) atoms. The molecule has 0 aliphatic heterocycles. The monoisotopic (exact) mass is 324 g/mol. The van der Waals surface area contributed by atoms with Gasteiger partial charge in [-0.2, -0.15) is 5.10 Å². The molecule has 1 N–H and O–H groups in total. The zero-order valence-electron chi connectivity index (χ0n) is 14.0. The van der Waals surface area contributed by atoms with Crippen LogP contribution < -0.4 is 10.9 Å². The van der Waals surface area contributed by atoms with Gasteiger partial charge in [0.2, 0.25) is 5.91 Å². The predicted molar refractivity (Wildman–Crippen MR) is 93.3 cm³/mol. The summed E-state index contributed by atoms with van der Waals surface area (Å²) in [7, 11) is 0. The number of hydrogen-bond donors (Lipinski definition) is 1. The van der Waals surface area contributed by atoms with Gasteiger partial charge in [0.15, 0.2) is 0 Å². The summed E-state index contributed by atoms with van der Waals surface area (Å²) >= 11 is 0. The summed E-state index contributed by atoms with van der Waals surface area (Å²) in [6, 6.07) is 11.2. The summed E-state index contributed by atoms with van der Waals surface area (Å²) in [5.41, 5.74) is 2.14. The maximum absolute atomic E-state index is 12.3. The van der Waals surface area contributed by atoms with Crippen LogP contribution in [-0.4, -0.2) is 20.1 Å². The number of carbonyl (C=O) groups is 1. The molecule has 6 heteroatoms. The van der Waals surface area contributed by atoms with Crippen LogP contribution in [-0.2, 0) is 11.3 Å². The Bertz CT molecular complexity index is 936. The lowest BCUT2D eigenvalue weighted by atomic mass is 10.0. The van der Waals surface area contributed by atoms with Crippen molar-refractivity contribution >= 4 is 17.1 Å². The van der Waals surface area contributed by atoms with Crippen LogP contribution in [0.2, 0.25) is 0 Å². The Kier molecular flexibility index (Phi) is 4.20. The van der Waals surface area contributed by atoms with Crippen LogP contribution in [0.3, 0.4) is 0 Å². The fourth-order valence-corrected chi connectivity index (χ4v) is 2.63. The van der Waals surface area contributed by atoms with Gasteiger partial charge in [0, 0.05) is 11.9 Å². The quantitative estimate of drug-likeness (QED) is 0.802. The van der Waals surface area contributed by atoms with Gasteiger partial charge in [-0.25, -0.2) is 4.68 Å². The molecule has 0 bridgehead atoms. The Morgan fingerprint density at radius 1 is 1.21 bits per heavy atom. The van der Waals surface area contributed by atoms with Crippen molar-refractivity contribution < 1.29 is 4.79 Å². The molecule has 0 radical (unpaired) electrons. The van der Waals surface area contributed by atoms with Gasteiger partial charge in [-0.05, 0) is 42.7 Å². The van der Waals surface area contributed by atoms with Crippen molar-refractivity contribution in [2.24, 2.45) is 0 Å². The minimum absolute atomic E-state index is 0.118. The molecular formula is C18H20N4O2. The van der Waals surface area contributed by atoms with E-state index in [1.165, 1.54) is 10.2 Å². The predicted octanol–water partition coefficient (Wildman–Crippen LogP) is 2.57. The molecule has 3 aromatic rings. The van der Waals surface area contributed by atoms with Crippen LogP contribution in [0.1, 0.15) is 31.2 Å². The topological polar surface area (TPSA) is 68.4 Å². The number of rotatable bonds is 4. The van der Waals surface area contributed by atoms with Crippen molar-refractivity contribution in [3.8, 4) is 0 Å². The van der Waals surface area contributed by atoms with Crippen LogP contribution in [0.4, 0.5) is 5.69 Å². The fourth-order valence-electron chi connectivity index (χ4n) is 2.63. The molecule has 0 aliphatic rings. The van der Waals surface area contributed by atoms with E-state index in [2.05, 4.69) is 24.3 Å². The smallest absolute Gasteiger partial charge is 0.291 e. The number of nitrogens with one attached hydrogen (secondary N) is 1. The third kappa shape index (κ3) is 3.08. The third-order valence-electron chi connectivity index (χ3n) is 3.97. The Morgan fingerprint density at radius 3 is 2.58 bits per heavy atom. The third-order valence-corrected chi connectivity index (χ3v) is 3.97. The molecule has 0 atom stereocenters. The SMILES string of the molecule is Cc1nn(CC(=O)Nc2ccc(C(C)C)cc2)c(=O)c2cccn12. The van der Waals surface area contributed by atoms with Crippen molar-refractivity contribution in [3.05, 3.63) is 64.3 Å². The van der Waals surface area contributed by atoms with Gasteiger partial charge < -0.3 is 5.32 Å².